The van der Waals surface area contributed by atoms with Gasteiger partial charge < -0.3 is 5.32 Å². The number of anilines is 1. The van der Waals surface area contributed by atoms with Gasteiger partial charge in [0.05, 0.1) is 4.92 Å². The highest BCUT2D eigenvalue weighted by Gasteiger charge is 2.12. The van der Waals surface area contributed by atoms with E-state index in [1.807, 2.05) is 18.2 Å². The van der Waals surface area contributed by atoms with E-state index in [9.17, 15) is 10.1 Å². The number of nitro benzene ring substituents is 1. The normalized spacial score (nSPS) is 10.2. The molecule has 2 aromatic rings. The minimum Gasteiger partial charge on any atom is -0.384 e. The van der Waals surface area contributed by atoms with E-state index in [0.717, 1.165) is 18.7 Å². The lowest BCUT2D eigenvalue weighted by Gasteiger charge is -2.09. The molecular formula is C14H15N3O2. The number of rotatable bonds is 5. The van der Waals surface area contributed by atoms with E-state index in [1.165, 1.54) is 11.6 Å². The number of nitrogens with one attached hydrogen (secondary N) is 1. The Hall–Kier alpha value is -2.43. The number of aromatic nitrogens is 1. The summed E-state index contributed by atoms with van der Waals surface area (Å²) in [7, 11) is 0. The van der Waals surface area contributed by atoms with Gasteiger partial charge in [0.15, 0.2) is 0 Å². The largest absolute Gasteiger partial charge is 0.384 e. The first-order valence-corrected chi connectivity index (χ1v) is 6.05. The van der Waals surface area contributed by atoms with E-state index in [4.69, 9.17) is 0 Å². The second kappa shape index (κ2) is 5.95. The Bertz CT molecular complexity index is 570. The van der Waals surface area contributed by atoms with Crippen LogP contribution >= 0.6 is 0 Å². The molecule has 0 saturated heterocycles. The predicted octanol–water partition coefficient (Wildman–Crippen LogP) is 2.95. The quantitative estimate of drug-likeness (QED) is 0.660. The Balaban J connectivity index is 2.00. The van der Waals surface area contributed by atoms with Gasteiger partial charge in [0.1, 0.15) is 0 Å². The summed E-state index contributed by atoms with van der Waals surface area (Å²) < 4.78 is 0. The molecule has 2 rings (SSSR count). The third-order valence-corrected chi connectivity index (χ3v) is 2.98. The maximum Gasteiger partial charge on any atom is 0.274 e. The highest BCUT2D eigenvalue weighted by atomic mass is 16.6. The highest BCUT2D eigenvalue weighted by molar-refractivity contribution is 5.59. The summed E-state index contributed by atoms with van der Waals surface area (Å²) in [5.74, 6) is 0. The lowest BCUT2D eigenvalue weighted by molar-refractivity contribution is -0.385. The van der Waals surface area contributed by atoms with Gasteiger partial charge in [-0.15, -0.1) is 0 Å². The Morgan fingerprint density at radius 3 is 2.68 bits per heavy atom. The topological polar surface area (TPSA) is 68.1 Å². The zero-order valence-corrected chi connectivity index (χ0v) is 10.7. The lowest BCUT2D eigenvalue weighted by atomic mass is 10.1. The molecule has 98 valence electrons. The fourth-order valence-corrected chi connectivity index (χ4v) is 1.90. The van der Waals surface area contributed by atoms with Crippen molar-refractivity contribution in [1.82, 2.24) is 4.98 Å². The van der Waals surface area contributed by atoms with Crippen LogP contribution in [0.4, 0.5) is 11.4 Å². The molecule has 0 bridgehead atoms. The molecule has 0 aliphatic rings. The first-order chi connectivity index (χ1) is 9.18. The molecular weight excluding hydrogens is 242 g/mol. The van der Waals surface area contributed by atoms with Crippen molar-refractivity contribution in [3.05, 3.63) is 64.0 Å². The molecule has 5 nitrogen and oxygen atoms in total. The van der Waals surface area contributed by atoms with Gasteiger partial charge in [-0.2, -0.15) is 0 Å². The molecule has 0 radical (unpaired) electrons. The summed E-state index contributed by atoms with van der Waals surface area (Å²) in [5, 5.41) is 14.1. The zero-order chi connectivity index (χ0) is 13.7. The molecule has 1 heterocycles. The Kier molecular flexibility index (Phi) is 4.07. The molecule has 0 fully saturated rings. The monoisotopic (exact) mass is 257 g/mol. The molecule has 1 N–H and O–H groups in total. The molecule has 0 aliphatic heterocycles. The number of hydrogen-bond acceptors (Lipinski definition) is 4. The molecule has 1 aromatic heterocycles. The summed E-state index contributed by atoms with van der Waals surface area (Å²) in [6.07, 6.45) is 4.37. The first kappa shape index (κ1) is 13.0. The van der Waals surface area contributed by atoms with Crippen LogP contribution in [0.15, 0.2) is 42.7 Å². The fourth-order valence-electron chi connectivity index (χ4n) is 1.90. The van der Waals surface area contributed by atoms with Gasteiger partial charge >= 0.3 is 0 Å². The van der Waals surface area contributed by atoms with Crippen LogP contribution in [0.5, 0.6) is 0 Å². The van der Waals surface area contributed by atoms with E-state index in [1.54, 1.807) is 25.4 Å². The molecule has 0 spiro atoms. The zero-order valence-electron chi connectivity index (χ0n) is 10.7. The molecule has 0 saturated carbocycles. The maximum atomic E-state index is 10.8. The lowest BCUT2D eigenvalue weighted by Crippen LogP contribution is -2.07. The van der Waals surface area contributed by atoms with E-state index in [2.05, 4.69) is 10.3 Å². The number of benzene rings is 1. The van der Waals surface area contributed by atoms with Crippen molar-refractivity contribution in [2.45, 2.75) is 13.3 Å². The highest BCUT2D eigenvalue weighted by Crippen LogP contribution is 2.24. The van der Waals surface area contributed by atoms with Crippen LogP contribution in [0.25, 0.3) is 0 Å². The van der Waals surface area contributed by atoms with Crippen molar-refractivity contribution >= 4 is 11.4 Å². The Morgan fingerprint density at radius 2 is 2.00 bits per heavy atom. The van der Waals surface area contributed by atoms with Gasteiger partial charge in [-0.25, -0.2) is 0 Å². The van der Waals surface area contributed by atoms with Gasteiger partial charge in [-0.1, -0.05) is 6.07 Å². The average molecular weight is 257 g/mol. The van der Waals surface area contributed by atoms with Crippen LogP contribution in [0, 0.1) is 17.0 Å². The molecule has 19 heavy (non-hydrogen) atoms. The van der Waals surface area contributed by atoms with Crippen LogP contribution in [-0.4, -0.2) is 16.5 Å². The van der Waals surface area contributed by atoms with Crippen LogP contribution in [0.2, 0.25) is 0 Å². The second-order valence-corrected chi connectivity index (χ2v) is 4.24. The van der Waals surface area contributed by atoms with Crippen LogP contribution < -0.4 is 5.32 Å². The van der Waals surface area contributed by atoms with Crippen molar-refractivity contribution in [1.29, 1.82) is 0 Å². The number of nitrogens with zero attached hydrogens (tertiary/aromatic N) is 2. The number of pyridine rings is 1. The number of hydrogen-bond donors (Lipinski definition) is 1. The number of nitro groups is 1. The smallest absolute Gasteiger partial charge is 0.274 e. The SMILES string of the molecule is Cc1c(NCCc2ccncc2)cccc1[N+](=O)[O-]. The molecule has 0 unspecified atom stereocenters. The Labute approximate surface area is 111 Å². The average Bonchev–Trinajstić information content (AvgIpc) is 2.41. The van der Waals surface area contributed by atoms with Gasteiger partial charge in [0.2, 0.25) is 0 Å². The molecule has 0 atom stereocenters. The van der Waals surface area contributed by atoms with Crippen molar-refractivity contribution in [2.24, 2.45) is 0 Å². The van der Waals surface area contributed by atoms with Crippen molar-refractivity contribution in [3.63, 3.8) is 0 Å². The molecule has 0 amide bonds. The standard InChI is InChI=1S/C14H15N3O2/c1-11-13(3-2-4-14(11)17(18)19)16-10-7-12-5-8-15-9-6-12/h2-6,8-9,16H,7,10H2,1H3. The van der Waals surface area contributed by atoms with Gasteiger partial charge in [0, 0.05) is 36.3 Å². The van der Waals surface area contributed by atoms with Gasteiger partial charge in [0.25, 0.3) is 5.69 Å². The van der Waals surface area contributed by atoms with Crippen molar-refractivity contribution < 1.29 is 4.92 Å². The van der Waals surface area contributed by atoms with Gasteiger partial charge in [-0.05, 0) is 37.1 Å². The van der Waals surface area contributed by atoms with E-state index in [0.29, 0.717) is 5.56 Å². The first-order valence-electron chi connectivity index (χ1n) is 6.05. The minimum atomic E-state index is -0.358. The minimum absolute atomic E-state index is 0.147. The van der Waals surface area contributed by atoms with Gasteiger partial charge in [-0.3, -0.25) is 15.1 Å². The molecule has 1 aromatic carbocycles. The Morgan fingerprint density at radius 1 is 1.26 bits per heavy atom. The molecule has 5 heteroatoms. The van der Waals surface area contributed by atoms with Crippen molar-refractivity contribution in [2.75, 3.05) is 11.9 Å². The predicted molar refractivity (Wildman–Crippen MR) is 74.3 cm³/mol. The summed E-state index contributed by atoms with van der Waals surface area (Å²) in [6, 6.07) is 8.99. The van der Waals surface area contributed by atoms with E-state index >= 15 is 0 Å². The molecule has 0 aliphatic carbocycles. The second-order valence-electron chi connectivity index (χ2n) is 4.24. The summed E-state index contributed by atoms with van der Waals surface area (Å²) >= 11 is 0. The van der Waals surface area contributed by atoms with Crippen molar-refractivity contribution in [3.8, 4) is 0 Å². The third-order valence-electron chi connectivity index (χ3n) is 2.98. The van der Waals surface area contributed by atoms with Crippen LogP contribution in [0.1, 0.15) is 11.1 Å². The fraction of sp³-hybridized carbons (Fsp3) is 0.214. The third kappa shape index (κ3) is 3.28. The van der Waals surface area contributed by atoms with Crippen LogP contribution in [0.3, 0.4) is 0 Å². The maximum absolute atomic E-state index is 10.8. The summed E-state index contributed by atoms with van der Waals surface area (Å²) in [5.41, 5.74) is 2.81. The summed E-state index contributed by atoms with van der Waals surface area (Å²) in [6.45, 7) is 2.49. The van der Waals surface area contributed by atoms with Crippen LogP contribution in [-0.2, 0) is 6.42 Å². The van der Waals surface area contributed by atoms with E-state index in [-0.39, 0.29) is 10.6 Å². The summed E-state index contributed by atoms with van der Waals surface area (Å²) in [4.78, 5) is 14.4. The van der Waals surface area contributed by atoms with E-state index < -0.39 is 0 Å².